The number of furan rings is 1. The highest BCUT2D eigenvalue weighted by Crippen LogP contribution is 2.23. The summed E-state index contributed by atoms with van der Waals surface area (Å²) in [6, 6.07) is 15.3. The maximum atomic E-state index is 13.2. The minimum atomic E-state index is -0.984. The van der Waals surface area contributed by atoms with Crippen molar-refractivity contribution >= 4 is 39.0 Å². The van der Waals surface area contributed by atoms with Gasteiger partial charge in [0.05, 0.1) is 22.7 Å². The molecule has 162 valence electrons. The summed E-state index contributed by atoms with van der Waals surface area (Å²) in [6.07, 6.45) is 2.29. The number of benzene rings is 2. The van der Waals surface area contributed by atoms with Crippen LogP contribution in [-0.4, -0.2) is 27.0 Å². The highest BCUT2D eigenvalue weighted by Gasteiger charge is 2.16. The molecule has 2 heterocycles. The number of halogens is 1. The Bertz CT molecular complexity index is 1390. The molecule has 1 atom stereocenters. The maximum Gasteiger partial charge on any atom is 0.335 e. The van der Waals surface area contributed by atoms with E-state index >= 15 is 0 Å². The van der Waals surface area contributed by atoms with Crippen molar-refractivity contribution in [3.05, 3.63) is 86.6 Å². The topological polar surface area (TPSA) is 97.7 Å². The Hall–Kier alpha value is -3.52. The van der Waals surface area contributed by atoms with Crippen LogP contribution in [0.3, 0.4) is 0 Å². The molecule has 0 saturated heterocycles. The number of aromatic nitrogens is 2. The lowest BCUT2D eigenvalue weighted by molar-refractivity contribution is 0.0697. The zero-order chi connectivity index (χ0) is 22.8. The molecule has 32 heavy (non-hydrogen) atoms. The Kier molecular flexibility index (Phi) is 6.05. The molecule has 0 aliphatic heterocycles. The molecule has 0 aliphatic rings. The highest BCUT2D eigenvalue weighted by molar-refractivity contribution is 9.10. The predicted octanol–water partition coefficient (Wildman–Crippen LogP) is 5.51. The van der Waals surface area contributed by atoms with Crippen molar-refractivity contribution < 1.29 is 14.3 Å². The van der Waals surface area contributed by atoms with E-state index in [1.54, 1.807) is 30.3 Å². The summed E-state index contributed by atoms with van der Waals surface area (Å²) in [5, 5.41) is 13.9. The van der Waals surface area contributed by atoms with Gasteiger partial charge in [0, 0.05) is 16.0 Å². The SMILES string of the molecule is CC[C@H](C)c1nc2ccc(Br)cc2c(=O)n1N=Cc1ccc(-c2ccc(C(=O)O)cc2)o1. The molecule has 4 rings (SSSR count). The summed E-state index contributed by atoms with van der Waals surface area (Å²) >= 11 is 3.40. The van der Waals surface area contributed by atoms with Gasteiger partial charge in [-0.3, -0.25) is 4.79 Å². The van der Waals surface area contributed by atoms with Crippen molar-refractivity contribution in [1.29, 1.82) is 0 Å². The Morgan fingerprint density at radius 2 is 1.97 bits per heavy atom. The summed E-state index contributed by atoms with van der Waals surface area (Å²) < 4.78 is 7.94. The second kappa shape index (κ2) is 8.92. The van der Waals surface area contributed by atoms with Crippen LogP contribution in [-0.2, 0) is 0 Å². The van der Waals surface area contributed by atoms with E-state index in [0.29, 0.717) is 28.2 Å². The number of fused-ring (bicyclic) bond motifs is 1. The van der Waals surface area contributed by atoms with E-state index in [4.69, 9.17) is 9.52 Å². The van der Waals surface area contributed by atoms with Crippen molar-refractivity contribution in [2.75, 3.05) is 0 Å². The smallest absolute Gasteiger partial charge is 0.335 e. The van der Waals surface area contributed by atoms with Gasteiger partial charge in [0.25, 0.3) is 5.56 Å². The van der Waals surface area contributed by atoms with Gasteiger partial charge >= 0.3 is 5.97 Å². The van der Waals surface area contributed by atoms with E-state index in [2.05, 4.69) is 26.0 Å². The fraction of sp³-hybridized carbons (Fsp3) is 0.167. The molecule has 0 radical (unpaired) electrons. The van der Waals surface area contributed by atoms with E-state index in [1.165, 1.54) is 23.0 Å². The van der Waals surface area contributed by atoms with Crippen molar-refractivity contribution in [1.82, 2.24) is 9.66 Å². The lowest BCUT2D eigenvalue weighted by Gasteiger charge is -2.13. The van der Waals surface area contributed by atoms with E-state index in [0.717, 1.165) is 16.5 Å². The molecule has 7 nitrogen and oxygen atoms in total. The summed E-state index contributed by atoms with van der Waals surface area (Å²) in [6.45, 7) is 4.04. The second-order valence-corrected chi connectivity index (χ2v) is 8.30. The number of nitrogens with zero attached hydrogens (tertiary/aromatic N) is 3. The average molecular weight is 494 g/mol. The Balaban J connectivity index is 1.71. The van der Waals surface area contributed by atoms with Crippen molar-refractivity contribution in [3.8, 4) is 11.3 Å². The van der Waals surface area contributed by atoms with Gasteiger partial charge in [0.2, 0.25) is 0 Å². The largest absolute Gasteiger partial charge is 0.478 e. The molecule has 2 aromatic carbocycles. The third kappa shape index (κ3) is 4.27. The Morgan fingerprint density at radius 1 is 1.22 bits per heavy atom. The Labute approximate surface area is 192 Å². The molecule has 4 aromatic rings. The monoisotopic (exact) mass is 493 g/mol. The minimum absolute atomic E-state index is 0.0350. The molecule has 0 bridgehead atoms. The molecule has 0 amide bonds. The van der Waals surface area contributed by atoms with Gasteiger partial charge in [-0.25, -0.2) is 9.78 Å². The molecular formula is C24H20BrN3O4. The third-order valence-corrected chi connectivity index (χ3v) is 5.72. The zero-order valence-corrected chi connectivity index (χ0v) is 19.0. The van der Waals surface area contributed by atoms with Crippen LogP contribution in [0.5, 0.6) is 0 Å². The molecule has 0 aliphatic carbocycles. The quantitative estimate of drug-likeness (QED) is 0.357. The van der Waals surface area contributed by atoms with Gasteiger partial charge in [-0.15, -0.1) is 0 Å². The van der Waals surface area contributed by atoms with E-state index in [1.807, 2.05) is 26.0 Å². The number of carbonyl (C=O) groups is 1. The fourth-order valence-corrected chi connectivity index (χ4v) is 3.61. The first kappa shape index (κ1) is 21.7. The van der Waals surface area contributed by atoms with Gasteiger partial charge in [-0.05, 0) is 48.9 Å². The molecule has 0 spiro atoms. The normalized spacial score (nSPS) is 12.5. The van der Waals surface area contributed by atoms with Crippen LogP contribution in [0, 0.1) is 0 Å². The van der Waals surface area contributed by atoms with Gasteiger partial charge in [-0.2, -0.15) is 9.78 Å². The van der Waals surface area contributed by atoms with Crippen LogP contribution in [0.15, 0.2) is 73.4 Å². The average Bonchev–Trinajstić information content (AvgIpc) is 3.27. The van der Waals surface area contributed by atoms with Crippen LogP contribution in [0.2, 0.25) is 0 Å². The number of carboxylic acid groups (broad SMARTS) is 1. The van der Waals surface area contributed by atoms with E-state index in [9.17, 15) is 9.59 Å². The van der Waals surface area contributed by atoms with Crippen molar-refractivity contribution in [2.24, 2.45) is 5.10 Å². The van der Waals surface area contributed by atoms with Gasteiger partial charge < -0.3 is 9.52 Å². The van der Waals surface area contributed by atoms with E-state index in [-0.39, 0.29) is 17.0 Å². The van der Waals surface area contributed by atoms with Crippen LogP contribution in [0.1, 0.15) is 48.1 Å². The molecule has 0 unspecified atom stereocenters. The number of carboxylic acids is 1. The molecule has 0 saturated carbocycles. The first-order valence-electron chi connectivity index (χ1n) is 10.1. The number of rotatable bonds is 6. The maximum absolute atomic E-state index is 13.2. The first-order chi connectivity index (χ1) is 15.4. The molecule has 2 aromatic heterocycles. The van der Waals surface area contributed by atoms with Gasteiger partial charge in [0.15, 0.2) is 0 Å². The lowest BCUT2D eigenvalue weighted by atomic mass is 10.1. The molecular weight excluding hydrogens is 474 g/mol. The van der Waals surface area contributed by atoms with Crippen molar-refractivity contribution in [2.45, 2.75) is 26.2 Å². The fourth-order valence-electron chi connectivity index (χ4n) is 3.25. The van der Waals surface area contributed by atoms with Crippen molar-refractivity contribution in [3.63, 3.8) is 0 Å². The van der Waals surface area contributed by atoms with Crippen LogP contribution in [0.4, 0.5) is 0 Å². The lowest BCUT2D eigenvalue weighted by Crippen LogP contribution is -2.23. The summed E-state index contributed by atoms with van der Waals surface area (Å²) in [5.41, 5.74) is 1.32. The minimum Gasteiger partial charge on any atom is -0.478 e. The summed E-state index contributed by atoms with van der Waals surface area (Å²) in [5.74, 6) is 0.659. The van der Waals surface area contributed by atoms with Crippen LogP contribution < -0.4 is 5.56 Å². The third-order valence-electron chi connectivity index (χ3n) is 5.23. The molecule has 8 heteroatoms. The van der Waals surface area contributed by atoms with Gasteiger partial charge in [0.1, 0.15) is 17.3 Å². The molecule has 0 fully saturated rings. The Morgan fingerprint density at radius 3 is 2.66 bits per heavy atom. The summed E-state index contributed by atoms with van der Waals surface area (Å²) in [7, 11) is 0. The highest BCUT2D eigenvalue weighted by atomic mass is 79.9. The summed E-state index contributed by atoms with van der Waals surface area (Å²) in [4.78, 5) is 28.9. The second-order valence-electron chi connectivity index (χ2n) is 7.39. The molecule has 1 N–H and O–H groups in total. The van der Waals surface area contributed by atoms with Gasteiger partial charge in [-0.1, -0.05) is 41.9 Å². The van der Waals surface area contributed by atoms with E-state index < -0.39 is 5.97 Å². The first-order valence-corrected chi connectivity index (χ1v) is 10.9. The predicted molar refractivity (Wildman–Crippen MR) is 127 cm³/mol. The number of hydrogen-bond donors (Lipinski definition) is 1. The zero-order valence-electron chi connectivity index (χ0n) is 17.4. The number of aromatic carboxylic acids is 1. The number of hydrogen-bond acceptors (Lipinski definition) is 5. The van der Waals surface area contributed by atoms with Crippen LogP contribution in [0.25, 0.3) is 22.2 Å². The van der Waals surface area contributed by atoms with Crippen LogP contribution >= 0.6 is 15.9 Å². The standard InChI is InChI=1S/C24H20BrN3O4/c1-3-14(2)22-27-20-10-8-17(25)12-19(20)23(29)28(22)26-13-18-9-11-21(32-18)15-4-6-16(7-5-15)24(30)31/h4-14H,3H2,1-2H3,(H,30,31)/t14-/m0/s1.